The first-order valence-corrected chi connectivity index (χ1v) is 13.5. The number of benzene rings is 1. The van der Waals surface area contributed by atoms with Gasteiger partial charge in [0.2, 0.25) is 0 Å². The summed E-state index contributed by atoms with van der Waals surface area (Å²) in [5.41, 5.74) is 0.311. The molecule has 5 nitrogen and oxygen atoms in total. The molecule has 0 aliphatic heterocycles. The molecule has 0 bridgehead atoms. The Morgan fingerprint density at radius 1 is 1.29 bits per heavy atom. The molecule has 0 heterocycles. The molecule has 156 valence electrons. The highest BCUT2D eigenvalue weighted by Gasteiger charge is 2.35. The summed E-state index contributed by atoms with van der Waals surface area (Å²) in [5.74, 6) is -0.264. The number of aliphatic hydroxyl groups is 1. The van der Waals surface area contributed by atoms with Crippen LogP contribution in [0.4, 0.5) is 9.18 Å². The van der Waals surface area contributed by atoms with Crippen LogP contribution < -0.4 is 5.32 Å². The minimum atomic E-state index is -1.26. The van der Waals surface area contributed by atoms with Crippen molar-refractivity contribution in [2.24, 2.45) is 0 Å². The Hall–Kier alpha value is -1.70. The Labute approximate surface area is 167 Å². The van der Waals surface area contributed by atoms with E-state index in [9.17, 15) is 14.3 Å². The second-order valence-corrected chi connectivity index (χ2v) is 14.3. The number of rotatable bonds is 10. The third kappa shape index (κ3) is 8.12. The molecular formula is C21H32FNO4Si. The zero-order valence-corrected chi connectivity index (χ0v) is 18.0. The molecule has 2 rings (SSSR count). The van der Waals surface area contributed by atoms with Crippen LogP contribution in [-0.2, 0) is 16.1 Å². The van der Waals surface area contributed by atoms with Gasteiger partial charge in [0.25, 0.3) is 0 Å². The molecule has 2 atom stereocenters. The summed E-state index contributed by atoms with van der Waals surface area (Å²) in [6, 6.07) is 7.14. The zero-order valence-electron chi connectivity index (χ0n) is 17.0. The molecular weight excluding hydrogens is 377 g/mol. The largest absolute Gasteiger partial charge is 0.450 e. The first-order chi connectivity index (χ1) is 13.2. The first kappa shape index (κ1) is 22.6. The number of carbonyl (C=O) groups is 1. The lowest BCUT2D eigenvalue weighted by Crippen LogP contribution is -2.47. The Morgan fingerprint density at radius 2 is 2.00 bits per heavy atom. The van der Waals surface area contributed by atoms with Crippen LogP contribution in [0.1, 0.15) is 24.8 Å². The third-order valence-corrected chi connectivity index (χ3v) is 6.44. The quantitative estimate of drug-likeness (QED) is 0.344. The van der Waals surface area contributed by atoms with Gasteiger partial charge in [0.1, 0.15) is 5.82 Å². The highest BCUT2D eigenvalue weighted by atomic mass is 28.3. The normalized spacial score (nSPS) is 21.7. The number of ether oxygens (including phenoxy) is 2. The van der Waals surface area contributed by atoms with Gasteiger partial charge in [-0.2, -0.15) is 0 Å². The van der Waals surface area contributed by atoms with Crippen LogP contribution >= 0.6 is 0 Å². The fourth-order valence-corrected chi connectivity index (χ4v) is 3.81. The molecule has 0 unspecified atom stereocenters. The van der Waals surface area contributed by atoms with E-state index in [0.29, 0.717) is 39.1 Å². The minimum Gasteiger partial charge on any atom is -0.450 e. The molecule has 1 aliphatic carbocycles. The maximum atomic E-state index is 12.9. The van der Waals surface area contributed by atoms with Crippen LogP contribution in [0.5, 0.6) is 0 Å². The van der Waals surface area contributed by atoms with Gasteiger partial charge in [-0.15, -0.1) is 0 Å². The standard InChI is InChI=1S/C21H32FNO4Si/c1-28(2,3)14-13-27-20(25)23-21(11-9-19(24)15-21)10-4-12-26-16-17-5-7-18(22)8-6-17/h5-9,11,19,24H,4,10,12-16H2,1-3H3,(H,23,25)/t19-,21+/m0/s1. The van der Waals surface area contributed by atoms with Crippen molar-refractivity contribution in [1.29, 1.82) is 0 Å². The van der Waals surface area contributed by atoms with E-state index in [-0.39, 0.29) is 5.82 Å². The van der Waals surface area contributed by atoms with Gasteiger partial charge in [-0.3, -0.25) is 0 Å². The van der Waals surface area contributed by atoms with Crippen molar-refractivity contribution in [3.05, 3.63) is 47.8 Å². The number of hydrogen-bond acceptors (Lipinski definition) is 4. The molecule has 1 aromatic carbocycles. The molecule has 2 N–H and O–H groups in total. The monoisotopic (exact) mass is 409 g/mol. The Morgan fingerprint density at radius 3 is 2.61 bits per heavy atom. The van der Waals surface area contributed by atoms with Crippen molar-refractivity contribution < 1.29 is 23.8 Å². The van der Waals surface area contributed by atoms with E-state index in [1.165, 1.54) is 12.1 Å². The summed E-state index contributed by atoms with van der Waals surface area (Å²) in [5, 5.41) is 12.8. The van der Waals surface area contributed by atoms with Gasteiger partial charge >= 0.3 is 6.09 Å². The van der Waals surface area contributed by atoms with E-state index in [4.69, 9.17) is 9.47 Å². The van der Waals surface area contributed by atoms with Gasteiger partial charge in [0.15, 0.2) is 0 Å². The van der Waals surface area contributed by atoms with Gasteiger partial charge in [0, 0.05) is 21.1 Å². The summed E-state index contributed by atoms with van der Waals surface area (Å²) in [4.78, 5) is 12.2. The van der Waals surface area contributed by atoms with Gasteiger partial charge in [-0.1, -0.05) is 43.9 Å². The van der Waals surface area contributed by atoms with Gasteiger partial charge in [-0.05, 0) is 36.6 Å². The van der Waals surface area contributed by atoms with Crippen molar-refractivity contribution in [2.75, 3.05) is 13.2 Å². The van der Waals surface area contributed by atoms with Crippen LogP contribution in [0.3, 0.4) is 0 Å². The topological polar surface area (TPSA) is 67.8 Å². The van der Waals surface area contributed by atoms with E-state index in [1.807, 2.05) is 6.08 Å². The van der Waals surface area contributed by atoms with Crippen molar-refractivity contribution in [2.45, 2.75) is 63.2 Å². The van der Waals surface area contributed by atoms with Crippen molar-refractivity contribution in [1.82, 2.24) is 5.32 Å². The predicted octanol–water partition coefficient (Wildman–Crippen LogP) is 4.25. The average molecular weight is 410 g/mol. The Balaban J connectivity index is 1.75. The molecule has 0 radical (unpaired) electrons. The maximum Gasteiger partial charge on any atom is 0.407 e. The molecule has 1 aliphatic rings. The predicted molar refractivity (Wildman–Crippen MR) is 110 cm³/mol. The highest BCUT2D eigenvalue weighted by Crippen LogP contribution is 2.28. The maximum absolute atomic E-state index is 12.9. The molecule has 7 heteroatoms. The first-order valence-electron chi connectivity index (χ1n) is 9.82. The SMILES string of the molecule is C[Si](C)(C)CCOC(=O)N[C@]1(CCCOCc2ccc(F)cc2)C=C[C@H](O)C1. The van der Waals surface area contributed by atoms with Gasteiger partial charge in [-0.25, -0.2) is 9.18 Å². The van der Waals surface area contributed by atoms with E-state index >= 15 is 0 Å². The smallest absolute Gasteiger partial charge is 0.407 e. The lowest BCUT2D eigenvalue weighted by atomic mass is 9.92. The molecule has 0 saturated carbocycles. The van der Waals surface area contributed by atoms with Crippen LogP contribution in [0.15, 0.2) is 36.4 Å². The van der Waals surface area contributed by atoms with Crippen molar-refractivity contribution in [3.8, 4) is 0 Å². The van der Waals surface area contributed by atoms with E-state index in [1.54, 1.807) is 18.2 Å². The number of aliphatic hydroxyl groups excluding tert-OH is 1. The Bertz CT molecular complexity index is 659. The van der Waals surface area contributed by atoms with Crippen molar-refractivity contribution >= 4 is 14.2 Å². The molecule has 0 aromatic heterocycles. The van der Waals surface area contributed by atoms with E-state index < -0.39 is 25.8 Å². The van der Waals surface area contributed by atoms with Crippen LogP contribution in [0.2, 0.25) is 25.7 Å². The molecule has 1 aromatic rings. The summed E-state index contributed by atoms with van der Waals surface area (Å²) in [6.45, 7) is 8.05. The second kappa shape index (κ2) is 10.2. The number of alkyl carbamates (subject to hydrolysis) is 1. The number of halogens is 1. The molecule has 0 fully saturated rings. The minimum absolute atomic E-state index is 0.264. The molecule has 1 amide bonds. The van der Waals surface area contributed by atoms with Crippen LogP contribution in [0.25, 0.3) is 0 Å². The summed E-state index contributed by atoms with van der Waals surface area (Å²) < 4.78 is 23.9. The highest BCUT2D eigenvalue weighted by molar-refractivity contribution is 6.76. The molecule has 28 heavy (non-hydrogen) atoms. The number of nitrogens with one attached hydrogen (secondary N) is 1. The summed E-state index contributed by atoms with van der Waals surface area (Å²) >= 11 is 0. The number of hydrogen-bond donors (Lipinski definition) is 2. The lowest BCUT2D eigenvalue weighted by Gasteiger charge is -2.29. The average Bonchev–Trinajstić information content (AvgIpc) is 2.96. The van der Waals surface area contributed by atoms with E-state index in [2.05, 4.69) is 25.0 Å². The van der Waals surface area contributed by atoms with Gasteiger partial charge < -0.3 is 19.9 Å². The fraction of sp³-hybridized carbons (Fsp3) is 0.571. The molecule has 0 spiro atoms. The number of amides is 1. The van der Waals surface area contributed by atoms with Crippen LogP contribution in [-0.4, -0.2) is 44.1 Å². The summed E-state index contributed by atoms with van der Waals surface area (Å²) in [7, 11) is -1.26. The fourth-order valence-electron chi connectivity index (χ4n) is 3.09. The van der Waals surface area contributed by atoms with Crippen LogP contribution in [0, 0.1) is 5.82 Å². The third-order valence-electron chi connectivity index (χ3n) is 4.74. The lowest BCUT2D eigenvalue weighted by molar-refractivity contribution is 0.104. The van der Waals surface area contributed by atoms with E-state index in [0.717, 1.165) is 11.6 Å². The molecule has 0 saturated heterocycles. The zero-order chi connectivity index (χ0) is 20.6. The van der Waals surface area contributed by atoms with Crippen molar-refractivity contribution in [3.63, 3.8) is 0 Å². The number of carbonyl (C=O) groups excluding carboxylic acids is 1. The van der Waals surface area contributed by atoms with Gasteiger partial charge in [0.05, 0.1) is 24.9 Å². The Kier molecular flexibility index (Phi) is 8.21. The second-order valence-electron chi connectivity index (χ2n) is 8.64. The summed E-state index contributed by atoms with van der Waals surface area (Å²) in [6.07, 6.45) is 4.36.